The maximum atomic E-state index is 12.8. The van der Waals surface area contributed by atoms with Crippen molar-refractivity contribution in [2.45, 2.75) is 12.6 Å². The van der Waals surface area contributed by atoms with Gasteiger partial charge in [0.2, 0.25) is 0 Å². The van der Waals surface area contributed by atoms with E-state index >= 15 is 0 Å². The molecule has 3 nitrogen and oxygen atoms in total. The first-order valence-electron chi connectivity index (χ1n) is 5.93. The molecule has 22 heavy (non-hydrogen) atoms. The monoisotopic (exact) mass is 349 g/mol. The van der Waals surface area contributed by atoms with E-state index in [0.717, 1.165) is 12.1 Å². The third-order valence-electron chi connectivity index (χ3n) is 2.79. The predicted octanol–water partition coefficient (Wildman–Crippen LogP) is 4.70. The van der Waals surface area contributed by atoms with Gasteiger partial charge < -0.3 is 5.11 Å². The van der Waals surface area contributed by atoms with Gasteiger partial charge in [-0.1, -0.05) is 29.3 Å². The fourth-order valence-corrected chi connectivity index (χ4v) is 2.24. The van der Waals surface area contributed by atoms with Gasteiger partial charge in [-0.2, -0.15) is 13.2 Å². The summed E-state index contributed by atoms with van der Waals surface area (Å²) in [5, 5.41) is 9.26. The molecule has 0 bridgehead atoms. The van der Waals surface area contributed by atoms with E-state index in [1.54, 1.807) is 0 Å². The molecule has 8 heteroatoms. The molecule has 0 unspecified atom stereocenters. The van der Waals surface area contributed by atoms with Crippen molar-refractivity contribution in [2.75, 3.05) is 0 Å². The minimum atomic E-state index is -4.65. The number of aliphatic carboxylic acids is 1. The molecule has 0 radical (unpaired) electrons. The maximum Gasteiger partial charge on any atom is 0.433 e. The van der Waals surface area contributed by atoms with E-state index < -0.39 is 24.3 Å². The molecule has 0 saturated heterocycles. The Labute approximate surface area is 133 Å². The quantitative estimate of drug-likeness (QED) is 0.873. The number of nitrogens with zero attached hydrogens (tertiary/aromatic N) is 1. The summed E-state index contributed by atoms with van der Waals surface area (Å²) in [5.41, 5.74) is -1.02. The van der Waals surface area contributed by atoms with E-state index in [1.807, 2.05) is 0 Å². The van der Waals surface area contributed by atoms with Crippen molar-refractivity contribution in [3.05, 3.63) is 51.6 Å². The molecule has 2 aromatic rings. The van der Waals surface area contributed by atoms with Crippen LogP contribution >= 0.6 is 23.2 Å². The van der Waals surface area contributed by atoms with Gasteiger partial charge in [0.15, 0.2) is 0 Å². The SMILES string of the molecule is O=C(O)Cc1ccc(C(F)(F)F)nc1-c1cc(Cl)ccc1Cl. The lowest BCUT2D eigenvalue weighted by atomic mass is 10.0. The average Bonchev–Trinajstić information content (AvgIpc) is 2.40. The molecular formula is C14H8Cl2F3NO2. The molecule has 1 heterocycles. The minimum absolute atomic E-state index is 0.115. The zero-order valence-electron chi connectivity index (χ0n) is 10.8. The van der Waals surface area contributed by atoms with Crippen LogP contribution in [-0.2, 0) is 17.4 Å². The van der Waals surface area contributed by atoms with Crippen LogP contribution in [0.15, 0.2) is 30.3 Å². The first kappa shape index (κ1) is 16.6. The van der Waals surface area contributed by atoms with Crippen molar-refractivity contribution in [3.63, 3.8) is 0 Å². The highest BCUT2D eigenvalue weighted by molar-refractivity contribution is 6.35. The highest BCUT2D eigenvalue weighted by atomic mass is 35.5. The number of carboxylic acids is 1. The van der Waals surface area contributed by atoms with Crippen LogP contribution in [0.5, 0.6) is 0 Å². The molecule has 1 N–H and O–H groups in total. The van der Waals surface area contributed by atoms with Crippen LogP contribution in [0.2, 0.25) is 10.0 Å². The summed E-state index contributed by atoms with van der Waals surface area (Å²) in [5.74, 6) is -1.19. The van der Waals surface area contributed by atoms with E-state index in [4.69, 9.17) is 28.3 Å². The summed E-state index contributed by atoms with van der Waals surface area (Å²) in [7, 11) is 0. The molecule has 2 rings (SSSR count). The number of aromatic nitrogens is 1. The fraction of sp³-hybridized carbons (Fsp3) is 0.143. The number of rotatable bonds is 3. The molecule has 0 spiro atoms. The van der Waals surface area contributed by atoms with Crippen LogP contribution in [0.4, 0.5) is 13.2 Å². The Kier molecular flexibility index (Phi) is 4.63. The van der Waals surface area contributed by atoms with Crippen LogP contribution < -0.4 is 0 Å². The lowest BCUT2D eigenvalue weighted by molar-refractivity contribution is -0.141. The highest BCUT2D eigenvalue weighted by Gasteiger charge is 2.33. The number of benzene rings is 1. The number of halogens is 5. The predicted molar refractivity (Wildman–Crippen MR) is 76.0 cm³/mol. The summed E-state index contributed by atoms with van der Waals surface area (Å²) < 4.78 is 38.5. The highest BCUT2D eigenvalue weighted by Crippen LogP contribution is 2.35. The first-order chi connectivity index (χ1) is 10.2. The third kappa shape index (κ3) is 3.69. The molecule has 0 aliphatic carbocycles. The van der Waals surface area contributed by atoms with E-state index in [2.05, 4.69) is 4.98 Å². The Bertz CT molecular complexity index is 733. The molecular weight excluding hydrogens is 342 g/mol. The zero-order chi connectivity index (χ0) is 16.5. The molecule has 0 fully saturated rings. The Hall–Kier alpha value is -1.79. The van der Waals surface area contributed by atoms with Gasteiger partial charge >= 0.3 is 12.1 Å². The number of hydrogen-bond donors (Lipinski definition) is 1. The zero-order valence-corrected chi connectivity index (χ0v) is 12.3. The van der Waals surface area contributed by atoms with Crippen LogP contribution in [0, 0.1) is 0 Å². The van der Waals surface area contributed by atoms with Crippen LogP contribution in [-0.4, -0.2) is 16.1 Å². The van der Waals surface area contributed by atoms with E-state index in [0.29, 0.717) is 0 Å². The van der Waals surface area contributed by atoms with E-state index in [9.17, 15) is 18.0 Å². The lowest BCUT2D eigenvalue weighted by Gasteiger charge is -2.13. The number of carboxylic acid groups (broad SMARTS) is 1. The minimum Gasteiger partial charge on any atom is -0.481 e. The summed E-state index contributed by atoms with van der Waals surface area (Å²) in [4.78, 5) is 14.4. The fourth-order valence-electron chi connectivity index (χ4n) is 1.86. The summed E-state index contributed by atoms with van der Waals surface area (Å²) in [6, 6.07) is 6.04. The molecule has 1 aromatic heterocycles. The normalized spacial score (nSPS) is 11.5. The summed E-state index contributed by atoms with van der Waals surface area (Å²) >= 11 is 11.8. The smallest absolute Gasteiger partial charge is 0.433 e. The van der Waals surface area contributed by atoms with E-state index in [-0.39, 0.29) is 26.9 Å². The van der Waals surface area contributed by atoms with Crippen molar-refractivity contribution in [1.82, 2.24) is 4.98 Å². The second-order valence-electron chi connectivity index (χ2n) is 4.40. The molecule has 0 aliphatic rings. The lowest BCUT2D eigenvalue weighted by Crippen LogP contribution is -2.11. The number of carbonyl (C=O) groups is 1. The van der Waals surface area contributed by atoms with Crippen molar-refractivity contribution in [1.29, 1.82) is 0 Å². The van der Waals surface area contributed by atoms with Crippen molar-refractivity contribution >= 4 is 29.2 Å². The summed E-state index contributed by atoms with van der Waals surface area (Å²) in [6.07, 6.45) is -5.13. The Morgan fingerprint density at radius 2 is 1.86 bits per heavy atom. The molecule has 0 amide bonds. The third-order valence-corrected chi connectivity index (χ3v) is 3.36. The molecule has 116 valence electrons. The van der Waals surface area contributed by atoms with Gasteiger partial charge in [-0.25, -0.2) is 4.98 Å². The first-order valence-corrected chi connectivity index (χ1v) is 6.68. The second kappa shape index (κ2) is 6.14. The van der Waals surface area contributed by atoms with Gasteiger partial charge in [0, 0.05) is 10.6 Å². The van der Waals surface area contributed by atoms with Gasteiger partial charge in [-0.15, -0.1) is 0 Å². The number of alkyl halides is 3. The number of pyridine rings is 1. The Morgan fingerprint density at radius 1 is 1.18 bits per heavy atom. The molecule has 1 aromatic carbocycles. The Morgan fingerprint density at radius 3 is 2.45 bits per heavy atom. The van der Waals surface area contributed by atoms with Crippen LogP contribution in [0.25, 0.3) is 11.3 Å². The topological polar surface area (TPSA) is 50.2 Å². The van der Waals surface area contributed by atoms with Crippen molar-refractivity contribution < 1.29 is 23.1 Å². The molecule has 0 atom stereocenters. The molecule has 0 aliphatic heterocycles. The van der Waals surface area contributed by atoms with Gasteiger partial charge in [0.05, 0.1) is 17.1 Å². The van der Waals surface area contributed by atoms with E-state index in [1.165, 1.54) is 18.2 Å². The maximum absolute atomic E-state index is 12.8. The van der Waals surface area contributed by atoms with Crippen molar-refractivity contribution in [3.8, 4) is 11.3 Å². The summed E-state index contributed by atoms with van der Waals surface area (Å²) in [6.45, 7) is 0. The van der Waals surface area contributed by atoms with Gasteiger partial charge in [-0.05, 0) is 29.8 Å². The van der Waals surface area contributed by atoms with Gasteiger partial charge in [0.25, 0.3) is 0 Å². The van der Waals surface area contributed by atoms with Gasteiger partial charge in [0.1, 0.15) is 5.69 Å². The number of hydrogen-bond acceptors (Lipinski definition) is 2. The largest absolute Gasteiger partial charge is 0.481 e. The van der Waals surface area contributed by atoms with Crippen LogP contribution in [0.3, 0.4) is 0 Å². The van der Waals surface area contributed by atoms with Crippen LogP contribution in [0.1, 0.15) is 11.3 Å². The Balaban J connectivity index is 2.68. The van der Waals surface area contributed by atoms with Gasteiger partial charge in [-0.3, -0.25) is 4.79 Å². The standard InChI is InChI=1S/C14H8Cl2F3NO2/c15-8-2-3-10(16)9(6-8)13-7(5-12(21)22)1-4-11(20-13)14(17,18)19/h1-4,6H,5H2,(H,21,22). The second-order valence-corrected chi connectivity index (χ2v) is 5.24. The molecule has 0 saturated carbocycles. The van der Waals surface area contributed by atoms with Crippen molar-refractivity contribution in [2.24, 2.45) is 0 Å². The average molecular weight is 350 g/mol.